The molecule has 46 heavy (non-hydrogen) atoms. The summed E-state index contributed by atoms with van der Waals surface area (Å²) in [5, 5.41) is 20.1. The van der Waals surface area contributed by atoms with Crippen molar-refractivity contribution in [2.45, 2.75) is 97.1 Å². The number of hydrogen-bond acceptors (Lipinski definition) is 7. The topological polar surface area (TPSA) is 138 Å². The third-order valence-corrected chi connectivity index (χ3v) is 12.7. The average molecular weight is 655 g/mol. The number of nitrogens with one attached hydrogen (secondary N) is 1. The van der Waals surface area contributed by atoms with Crippen LogP contribution in [0, 0.1) is 0 Å². The Morgan fingerprint density at radius 3 is 2.17 bits per heavy atom. The van der Waals surface area contributed by atoms with Gasteiger partial charge in [0.1, 0.15) is 17.1 Å². The Bertz CT molecular complexity index is 1540. The highest BCUT2D eigenvalue weighted by atomic mass is 28.4. The summed E-state index contributed by atoms with van der Waals surface area (Å²) in [6, 6.07) is 12.8. The number of phenolic OH excluding ortho intramolecular Hbond substituents is 1. The van der Waals surface area contributed by atoms with E-state index in [1.54, 1.807) is 35.2 Å². The molecule has 11 heteroatoms. The molecule has 1 aromatic heterocycles. The highest BCUT2D eigenvalue weighted by Gasteiger charge is 2.40. The number of carboxylic acid groups (broad SMARTS) is 1. The van der Waals surface area contributed by atoms with Crippen LogP contribution in [0.4, 0.5) is 4.79 Å². The monoisotopic (exact) mass is 654 g/mol. The molecule has 0 saturated heterocycles. The zero-order valence-corrected chi connectivity index (χ0v) is 29.4. The third kappa shape index (κ3) is 10.3. The number of phenols is 1. The fourth-order valence-corrected chi connectivity index (χ4v) is 5.96. The molecule has 1 atom stereocenters. The molecule has 0 aliphatic carbocycles. The van der Waals surface area contributed by atoms with Crippen LogP contribution in [0.25, 0.3) is 10.9 Å². The van der Waals surface area contributed by atoms with Crippen molar-refractivity contribution in [3.8, 4) is 11.5 Å². The SMILES string of the molecule is CC(C)(C)OC(=O)N(CCCCCCOc1ccc(C(=O)O)cc1)C[C@H](O[Si](C)(C)C(C)(C)C)c1ccc(O)c2[nH]c(=O)ccc12. The van der Waals surface area contributed by atoms with Gasteiger partial charge in [-0.1, -0.05) is 39.7 Å². The van der Waals surface area contributed by atoms with Crippen molar-refractivity contribution < 1.29 is 33.7 Å². The largest absolute Gasteiger partial charge is 0.506 e. The first-order chi connectivity index (χ1) is 21.4. The zero-order valence-electron chi connectivity index (χ0n) is 28.4. The molecule has 3 rings (SSSR count). The number of aromatic hydroxyl groups is 1. The summed E-state index contributed by atoms with van der Waals surface area (Å²) in [6.07, 6.45) is 2.32. The molecular formula is C35H50N2O8Si. The van der Waals surface area contributed by atoms with Gasteiger partial charge in [-0.2, -0.15) is 0 Å². The van der Waals surface area contributed by atoms with Gasteiger partial charge in [0.05, 0.1) is 30.3 Å². The molecule has 2 aromatic carbocycles. The van der Waals surface area contributed by atoms with Crippen molar-refractivity contribution in [3.05, 3.63) is 70.0 Å². The number of aromatic amines is 1. The first-order valence-electron chi connectivity index (χ1n) is 15.8. The number of nitrogens with zero attached hydrogens (tertiary/aromatic N) is 1. The maximum Gasteiger partial charge on any atom is 0.410 e. The van der Waals surface area contributed by atoms with E-state index in [0.29, 0.717) is 29.8 Å². The van der Waals surface area contributed by atoms with Crippen LogP contribution >= 0.6 is 0 Å². The zero-order chi connectivity index (χ0) is 34.3. The number of benzene rings is 2. The Morgan fingerprint density at radius 1 is 0.913 bits per heavy atom. The van der Waals surface area contributed by atoms with Gasteiger partial charge < -0.3 is 34.0 Å². The molecule has 0 bridgehead atoms. The van der Waals surface area contributed by atoms with Gasteiger partial charge in [0.15, 0.2) is 8.32 Å². The van der Waals surface area contributed by atoms with Gasteiger partial charge in [0.25, 0.3) is 0 Å². The van der Waals surface area contributed by atoms with Gasteiger partial charge >= 0.3 is 12.1 Å². The number of hydrogen-bond donors (Lipinski definition) is 3. The normalized spacial score (nSPS) is 13.0. The molecule has 0 radical (unpaired) electrons. The number of rotatable bonds is 14. The Kier molecular flexibility index (Phi) is 12.1. The molecule has 1 heterocycles. The van der Waals surface area contributed by atoms with Gasteiger partial charge in [-0.15, -0.1) is 0 Å². The van der Waals surface area contributed by atoms with Crippen molar-refractivity contribution in [1.82, 2.24) is 9.88 Å². The number of amides is 1. The van der Waals surface area contributed by atoms with Crippen LogP contribution in [-0.2, 0) is 9.16 Å². The van der Waals surface area contributed by atoms with Crippen LogP contribution < -0.4 is 10.3 Å². The lowest BCUT2D eigenvalue weighted by Crippen LogP contribution is -2.46. The smallest absolute Gasteiger partial charge is 0.410 e. The molecule has 3 aromatic rings. The number of aromatic carboxylic acids is 1. The summed E-state index contributed by atoms with van der Waals surface area (Å²) in [5.74, 6) is -0.384. The summed E-state index contributed by atoms with van der Waals surface area (Å²) >= 11 is 0. The number of fused-ring (bicyclic) bond motifs is 1. The minimum absolute atomic E-state index is 0.0345. The summed E-state index contributed by atoms with van der Waals surface area (Å²) < 4.78 is 18.5. The average Bonchev–Trinajstić information content (AvgIpc) is 2.94. The molecule has 0 saturated carbocycles. The number of H-pyrrole nitrogens is 1. The molecule has 10 nitrogen and oxygen atoms in total. The van der Waals surface area contributed by atoms with E-state index in [0.717, 1.165) is 31.2 Å². The minimum Gasteiger partial charge on any atom is -0.506 e. The fraction of sp³-hybridized carbons (Fsp3) is 0.514. The van der Waals surface area contributed by atoms with E-state index in [2.05, 4.69) is 38.8 Å². The molecule has 252 valence electrons. The Balaban J connectivity index is 1.77. The quantitative estimate of drug-likeness (QED) is 0.118. The second-order valence-corrected chi connectivity index (χ2v) is 18.9. The molecule has 0 spiro atoms. The number of ether oxygens (including phenoxy) is 2. The second-order valence-electron chi connectivity index (χ2n) is 14.2. The van der Waals surface area contributed by atoms with Crippen LogP contribution in [0.15, 0.2) is 53.3 Å². The standard InChI is InChI=1S/C35H50N2O8Si/c1-34(2,3)44-33(42)37(21-11-9-10-12-22-43-25-15-13-24(14-16-25)32(40)41)23-29(45-46(7,8)35(4,5)6)26-17-19-28(38)31-27(26)18-20-30(39)36-31/h13-20,29,38H,9-12,21-23H2,1-8H3,(H,36,39)(H,40,41)/t29-/m0/s1. The van der Waals surface area contributed by atoms with Gasteiger partial charge in [-0.25, -0.2) is 9.59 Å². The molecule has 3 N–H and O–H groups in total. The number of pyridine rings is 1. The highest BCUT2D eigenvalue weighted by Crippen LogP contribution is 2.41. The predicted octanol–water partition coefficient (Wildman–Crippen LogP) is 7.87. The predicted molar refractivity (Wildman–Crippen MR) is 182 cm³/mol. The van der Waals surface area contributed by atoms with Gasteiger partial charge in [0.2, 0.25) is 5.56 Å². The number of unbranched alkanes of at least 4 members (excludes halogenated alkanes) is 3. The number of carbonyl (C=O) groups is 2. The number of aromatic nitrogens is 1. The van der Waals surface area contributed by atoms with Crippen LogP contribution in [0.2, 0.25) is 18.1 Å². The van der Waals surface area contributed by atoms with E-state index in [4.69, 9.17) is 19.0 Å². The van der Waals surface area contributed by atoms with Crippen molar-refractivity contribution >= 4 is 31.3 Å². The second kappa shape index (κ2) is 15.2. The van der Waals surface area contributed by atoms with Crippen LogP contribution in [-0.4, -0.2) is 65.8 Å². The van der Waals surface area contributed by atoms with Crippen LogP contribution in [0.3, 0.4) is 0 Å². The van der Waals surface area contributed by atoms with Crippen molar-refractivity contribution in [2.24, 2.45) is 0 Å². The van der Waals surface area contributed by atoms with Gasteiger partial charge in [-0.3, -0.25) is 4.79 Å². The van der Waals surface area contributed by atoms with E-state index < -0.39 is 32.1 Å². The van der Waals surface area contributed by atoms with E-state index in [1.165, 1.54) is 18.2 Å². The van der Waals surface area contributed by atoms with E-state index in [1.807, 2.05) is 20.8 Å². The Hall–Kier alpha value is -3.83. The van der Waals surface area contributed by atoms with Gasteiger partial charge in [0, 0.05) is 18.0 Å². The maximum atomic E-state index is 13.6. The molecule has 0 fully saturated rings. The summed E-state index contributed by atoms with van der Waals surface area (Å²) in [4.78, 5) is 41.1. The van der Waals surface area contributed by atoms with E-state index in [-0.39, 0.29) is 28.5 Å². The summed E-state index contributed by atoms with van der Waals surface area (Å²) in [6.45, 7) is 17.5. The summed E-state index contributed by atoms with van der Waals surface area (Å²) in [7, 11) is -2.36. The number of carbonyl (C=O) groups excluding carboxylic acids is 1. The molecule has 0 aliphatic heterocycles. The van der Waals surface area contributed by atoms with Crippen molar-refractivity contribution in [3.63, 3.8) is 0 Å². The molecule has 1 amide bonds. The van der Waals surface area contributed by atoms with E-state index in [9.17, 15) is 19.5 Å². The minimum atomic E-state index is -2.36. The Morgan fingerprint density at radius 2 is 1.57 bits per heavy atom. The Labute approximate surface area is 272 Å². The fourth-order valence-electron chi connectivity index (χ4n) is 4.70. The lowest BCUT2D eigenvalue weighted by Gasteiger charge is -2.41. The highest BCUT2D eigenvalue weighted by molar-refractivity contribution is 6.74. The van der Waals surface area contributed by atoms with Crippen LogP contribution in [0.1, 0.15) is 89.3 Å². The lowest BCUT2D eigenvalue weighted by atomic mass is 10.0. The van der Waals surface area contributed by atoms with Crippen molar-refractivity contribution in [1.29, 1.82) is 0 Å². The number of carboxylic acids is 1. The summed E-state index contributed by atoms with van der Waals surface area (Å²) in [5.41, 5.74) is 0.315. The van der Waals surface area contributed by atoms with E-state index >= 15 is 0 Å². The van der Waals surface area contributed by atoms with Gasteiger partial charge in [-0.05, 0) is 93.7 Å². The molecule has 0 aliphatic rings. The maximum absolute atomic E-state index is 13.6. The lowest BCUT2D eigenvalue weighted by molar-refractivity contribution is 0.0153. The molecular weight excluding hydrogens is 604 g/mol. The molecule has 0 unspecified atom stereocenters. The van der Waals surface area contributed by atoms with Crippen LogP contribution in [0.5, 0.6) is 11.5 Å². The first kappa shape index (κ1) is 36.6. The third-order valence-electron chi connectivity index (χ3n) is 8.23. The van der Waals surface area contributed by atoms with Crippen molar-refractivity contribution in [2.75, 3.05) is 19.7 Å². The first-order valence-corrected chi connectivity index (χ1v) is 18.8.